The minimum atomic E-state index is -1.01. The van der Waals surface area contributed by atoms with Gasteiger partial charge in [0.2, 0.25) is 0 Å². The van der Waals surface area contributed by atoms with Gasteiger partial charge in [0.1, 0.15) is 11.5 Å². The summed E-state index contributed by atoms with van der Waals surface area (Å²) in [4.78, 5) is 22.6. The molecule has 1 aromatic heterocycles. The topological polar surface area (TPSA) is 91.6 Å². The van der Waals surface area contributed by atoms with Crippen LogP contribution in [0.2, 0.25) is 0 Å². The number of benzene rings is 1. The number of carbonyl (C=O) groups excluding carboxylic acids is 1. The maximum Gasteiger partial charge on any atom is 0.335 e. The van der Waals surface area contributed by atoms with Crippen LogP contribution in [0, 0.1) is 6.92 Å². The van der Waals surface area contributed by atoms with Crippen LogP contribution in [0.4, 0.5) is 10.5 Å². The number of aryl methyl sites for hydroxylation is 1. The monoisotopic (exact) mass is 288 g/mol. The standard InChI is InChI=1S/C15H16N2O4/c1-9-3-8-13(21-9)10(2)16-15(20)17-12-6-4-11(5-7-12)14(18)19/h3-8,10H,1-2H3,(H,18,19)(H2,16,17,20). The van der Waals surface area contributed by atoms with Crippen molar-refractivity contribution < 1.29 is 19.1 Å². The zero-order valence-electron chi connectivity index (χ0n) is 11.7. The third kappa shape index (κ3) is 3.85. The summed E-state index contributed by atoms with van der Waals surface area (Å²) in [6.45, 7) is 3.64. The number of carboxylic acid groups (broad SMARTS) is 1. The van der Waals surface area contributed by atoms with Crippen LogP contribution < -0.4 is 10.6 Å². The molecule has 110 valence electrons. The molecule has 0 radical (unpaired) electrons. The fraction of sp³-hybridized carbons (Fsp3) is 0.200. The van der Waals surface area contributed by atoms with E-state index in [2.05, 4.69) is 10.6 Å². The Morgan fingerprint density at radius 1 is 1.14 bits per heavy atom. The normalized spacial score (nSPS) is 11.7. The second-order valence-corrected chi connectivity index (χ2v) is 4.65. The van der Waals surface area contributed by atoms with E-state index in [4.69, 9.17) is 9.52 Å². The van der Waals surface area contributed by atoms with Crippen molar-refractivity contribution in [1.29, 1.82) is 0 Å². The number of carbonyl (C=O) groups is 2. The van der Waals surface area contributed by atoms with Crippen LogP contribution in [0.5, 0.6) is 0 Å². The molecule has 1 unspecified atom stereocenters. The van der Waals surface area contributed by atoms with Crippen molar-refractivity contribution in [2.24, 2.45) is 0 Å². The average molecular weight is 288 g/mol. The average Bonchev–Trinajstić information content (AvgIpc) is 2.86. The summed E-state index contributed by atoms with van der Waals surface area (Å²) in [5.41, 5.74) is 0.681. The molecule has 1 aromatic carbocycles. The predicted molar refractivity (Wildman–Crippen MR) is 77.4 cm³/mol. The molecule has 0 fully saturated rings. The van der Waals surface area contributed by atoms with Gasteiger partial charge in [-0.25, -0.2) is 9.59 Å². The molecule has 6 heteroatoms. The van der Waals surface area contributed by atoms with Gasteiger partial charge in [-0.05, 0) is 50.2 Å². The third-order valence-electron chi connectivity index (χ3n) is 2.93. The summed E-state index contributed by atoms with van der Waals surface area (Å²) in [6, 6.07) is 8.90. The quantitative estimate of drug-likeness (QED) is 0.805. The number of rotatable bonds is 4. The summed E-state index contributed by atoms with van der Waals surface area (Å²) in [7, 11) is 0. The van der Waals surface area contributed by atoms with E-state index >= 15 is 0 Å². The smallest absolute Gasteiger partial charge is 0.335 e. The second kappa shape index (κ2) is 6.13. The van der Waals surface area contributed by atoms with E-state index in [9.17, 15) is 9.59 Å². The van der Waals surface area contributed by atoms with Crippen molar-refractivity contribution in [3.63, 3.8) is 0 Å². The van der Waals surface area contributed by atoms with E-state index in [1.165, 1.54) is 24.3 Å². The van der Waals surface area contributed by atoms with Gasteiger partial charge in [0.15, 0.2) is 0 Å². The van der Waals surface area contributed by atoms with Crippen LogP contribution in [-0.2, 0) is 0 Å². The highest BCUT2D eigenvalue weighted by Crippen LogP contribution is 2.16. The number of nitrogens with one attached hydrogen (secondary N) is 2. The second-order valence-electron chi connectivity index (χ2n) is 4.65. The van der Waals surface area contributed by atoms with Crippen molar-refractivity contribution in [2.45, 2.75) is 19.9 Å². The highest BCUT2D eigenvalue weighted by molar-refractivity contribution is 5.91. The van der Waals surface area contributed by atoms with E-state index < -0.39 is 5.97 Å². The fourth-order valence-electron chi connectivity index (χ4n) is 1.82. The summed E-state index contributed by atoms with van der Waals surface area (Å²) in [5, 5.41) is 14.2. The van der Waals surface area contributed by atoms with Crippen molar-refractivity contribution in [3.05, 3.63) is 53.5 Å². The molecule has 1 atom stereocenters. The molecular weight excluding hydrogens is 272 g/mol. The van der Waals surface area contributed by atoms with Crippen molar-refractivity contribution >= 4 is 17.7 Å². The number of anilines is 1. The van der Waals surface area contributed by atoms with Gasteiger partial charge < -0.3 is 20.2 Å². The molecule has 3 N–H and O–H groups in total. The summed E-state index contributed by atoms with van der Waals surface area (Å²) in [6.07, 6.45) is 0. The van der Waals surface area contributed by atoms with Gasteiger partial charge in [0, 0.05) is 5.69 Å². The molecular formula is C15H16N2O4. The third-order valence-corrected chi connectivity index (χ3v) is 2.93. The maximum absolute atomic E-state index is 11.8. The molecule has 0 saturated heterocycles. The van der Waals surface area contributed by atoms with E-state index in [1.807, 2.05) is 26.0 Å². The van der Waals surface area contributed by atoms with Crippen LogP contribution in [0.1, 0.15) is 34.8 Å². The van der Waals surface area contributed by atoms with Gasteiger partial charge in [-0.1, -0.05) is 0 Å². The lowest BCUT2D eigenvalue weighted by Crippen LogP contribution is -2.30. The highest BCUT2D eigenvalue weighted by atomic mass is 16.4. The minimum Gasteiger partial charge on any atom is -0.478 e. The Kier molecular flexibility index (Phi) is 4.27. The first-order valence-corrected chi connectivity index (χ1v) is 6.43. The maximum atomic E-state index is 11.8. The van der Waals surface area contributed by atoms with E-state index in [0.717, 1.165) is 5.76 Å². The van der Waals surface area contributed by atoms with Crippen molar-refractivity contribution in [2.75, 3.05) is 5.32 Å². The lowest BCUT2D eigenvalue weighted by atomic mass is 10.2. The van der Waals surface area contributed by atoms with E-state index in [0.29, 0.717) is 11.4 Å². The molecule has 21 heavy (non-hydrogen) atoms. The predicted octanol–water partition coefficient (Wildman–Crippen LogP) is 3.17. The van der Waals surface area contributed by atoms with Gasteiger partial charge in [-0.2, -0.15) is 0 Å². The SMILES string of the molecule is Cc1ccc(C(C)NC(=O)Nc2ccc(C(=O)O)cc2)o1. The Balaban J connectivity index is 1.93. The molecule has 1 heterocycles. The van der Waals surface area contributed by atoms with Gasteiger partial charge in [0.05, 0.1) is 11.6 Å². The fourth-order valence-corrected chi connectivity index (χ4v) is 1.82. The number of hydrogen-bond donors (Lipinski definition) is 3. The minimum absolute atomic E-state index is 0.167. The Morgan fingerprint density at radius 3 is 2.33 bits per heavy atom. The van der Waals surface area contributed by atoms with Crippen LogP contribution in [0.3, 0.4) is 0 Å². The molecule has 0 aliphatic heterocycles. The molecule has 2 rings (SSSR count). The van der Waals surface area contributed by atoms with Gasteiger partial charge >= 0.3 is 12.0 Å². The number of aromatic carboxylic acids is 1. The van der Waals surface area contributed by atoms with Gasteiger partial charge in [-0.15, -0.1) is 0 Å². The van der Waals surface area contributed by atoms with Crippen molar-refractivity contribution in [1.82, 2.24) is 5.32 Å². The molecule has 6 nitrogen and oxygen atoms in total. The summed E-state index contributed by atoms with van der Waals surface area (Å²) < 4.78 is 5.43. The Bertz CT molecular complexity index is 646. The molecule has 0 spiro atoms. The molecule has 0 aliphatic rings. The number of furan rings is 1. The summed E-state index contributed by atoms with van der Waals surface area (Å²) >= 11 is 0. The highest BCUT2D eigenvalue weighted by Gasteiger charge is 2.12. The van der Waals surface area contributed by atoms with Gasteiger partial charge in [-0.3, -0.25) is 0 Å². The molecule has 0 aliphatic carbocycles. The Morgan fingerprint density at radius 2 is 1.81 bits per heavy atom. The largest absolute Gasteiger partial charge is 0.478 e. The van der Waals surface area contributed by atoms with Crippen LogP contribution >= 0.6 is 0 Å². The number of hydrogen-bond acceptors (Lipinski definition) is 3. The number of urea groups is 1. The first kappa shape index (κ1) is 14.6. The summed E-state index contributed by atoms with van der Waals surface area (Å²) in [5.74, 6) is 0.444. The number of amides is 2. The van der Waals surface area contributed by atoms with E-state index in [1.54, 1.807) is 0 Å². The molecule has 0 bridgehead atoms. The number of carboxylic acids is 1. The van der Waals surface area contributed by atoms with Crippen molar-refractivity contribution in [3.8, 4) is 0 Å². The Labute approximate surface area is 121 Å². The zero-order valence-corrected chi connectivity index (χ0v) is 11.7. The van der Waals surface area contributed by atoms with Crippen LogP contribution in [0.25, 0.3) is 0 Å². The van der Waals surface area contributed by atoms with E-state index in [-0.39, 0.29) is 17.6 Å². The van der Waals surface area contributed by atoms with Crippen LogP contribution in [-0.4, -0.2) is 17.1 Å². The molecule has 2 aromatic rings. The lowest BCUT2D eigenvalue weighted by molar-refractivity contribution is 0.0697. The molecule has 0 saturated carbocycles. The zero-order chi connectivity index (χ0) is 15.4. The lowest BCUT2D eigenvalue weighted by Gasteiger charge is -2.12. The van der Waals surface area contributed by atoms with Crippen LogP contribution in [0.15, 0.2) is 40.8 Å². The van der Waals surface area contributed by atoms with Gasteiger partial charge in [0.25, 0.3) is 0 Å². The first-order chi connectivity index (χ1) is 9.95. The molecule has 2 amide bonds. The first-order valence-electron chi connectivity index (χ1n) is 6.43. The Hall–Kier alpha value is -2.76.